The molecule has 2 aromatic carbocycles. The number of fused-ring (bicyclic) bond motifs is 1. The number of rotatable bonds is 4. The Morgan fingerprint density at radius 1 is 1.14 bits per heavy atom. The molecule has 1 N–H and O–H groups in total. The summed E-state index contributed by atoms with van der Waals surface area (Å²) in [5, 5.41) is 5.66. The molecule has 0 spiro atoms. The van der Waals surface area contributed by atoms with Crippen molar-refractivity contribution in [1.29, 1.82) is 0 Å². The standard InChI is InChI=1S/C21H21N3O3S2/c1-14(25)22-18-8-5-15(6-9-18)21-23-19(13-28-21)16-7-10-20-17(12-16)4-3-11-24(20)29(2,26)27/h5-10,12-13H,3-4,11H2,1-2H3,(H,22,25). The maximum Gasteiger partial charge on any atom is 0.232 e. The molecule has 0 bridgehead atoms. The number of aryl methyl sites for hydroxylation is 1. The van der Waals surface area contributed by atoms with Crippen LogP contribution in [0.3, 0.4) is 0 Å². The molecule has 4 rings (SSSR count). The number of nitrogens with one attached hydrogen (secondary N) is 1. The molecule has 6 nitrogen and oxygen atoms in total. The summed E-state index contributed by atoms with van der Waals surface area (Å²) >= 11 is 1.55. The zero-order chi connectivity index (χ0) is 20.6. The number of sulfonamides is 1. The molecule has 1 aliphatic heterocycles. The van der Waals surface area contributed by atoms with Crippen LogP contribution in [0.25, 0.3) is 21.8 Å². The molecule has 2 heterocycles. The molecule has 0 saturated heterocycles. The fourth-order valence-corrected chi connectivity index (χ4v) is 5.34. The van der Waals surface area contributed by atoms with E-state index in [0.29, 0.717) is 6.54 Å². The van der Waals surface area contributed by atoms with Crippen LogP contribution >= 0.6 is 11.3 Å². The minimum atomic E-state index is -3.27. The second-order valence-electron chi connectivity index (χ2n) is 7.08. The van der Waals surface area contributed by atoms with Crippen LogP contribution in [-0.2, 0) is 21.2 Å². The van der Waals surface area contributed by atoms with Crippen molar-refractivity contribution in [2.24, 2.45) is 0 Å². The van der Waals surface area contributed by atoms with Gasteiger partial charge in [-0.1, -0.05) is 6.07 Å². The molecule has 0 fully saturated rings. The van der Waals surface area contributed by atoms with Crippen molar-refractivity contribution >= 4 is 38.6 Å². The zero-order valence-corrected chi connectivity index (χ0v) is 17.8. The van der Waals surface area contributed by atoms with Gasteiger partial charge in [0.05, 0.1) is 17.6 Å². The van der Waals surface area contributed by atoms with Crippen LogP contribution in [0.4, 0.5) is 11.4 Å². The van der Waals surface area contributed by atoms with Crippen LogP contribution < -0.4 is 9.62 Å². The molecule has 0 saturated carbocycles. The number of thiazole rings is 1. The van der Waals surface area contributed by atoms with E-state index >= 15 is 0 Å². The number of anilines is 2. The summed E-state index contributed by atoms with van der Waals surface area (Å²) in [4.78, 5) is 15.9. The van der Waals surface area contributed by atoms with Crippen LogP contribution in [0, 0.1) is 0 Å². The second kappa shape index (κ2) is 7.61. The third-order valence-electron chi connectivity index (χ3n) is 4.81. The van der Waals surface area contributed by atoms with Gasteiger partial charge < -0.3 is 5.32 Å². The number of aromatic nitrogens is 1. The van der Waals surface area contributed by atoms with Crippen molar-refractivity contribution in [3.63, 3.8) is 0 Å². The van der Waals surface area contributed by atoms with E-state index in [9.17, 15) is 13.2 Å². The molecule has 1 amide bonds. The fraction of sp³-hybridized carbons (Fsp3) is 0.238. The van der Waals surface area contributed by atoms with Crippen molar-refractivity contribution in [2.45, 2.75) is 19.8 Å². The predicted molar refractivity (Wildman–Crippen MR) is 118 cm³/mol. The summed E-state index contributed by atoms with van der Waals surface area (Å²) in [7, 11) is -3.27. The van der Waals surface area contributed by atoms with E-state index in [1.165, 1.54) is 17.5 Å². The highest BCUT2D eigenvalue weighted by molar-refractivity contribution is 7.92. The van der Waals surface area contributed by atoms with Crippen LogP contribution in [-0.4, -0.2) is 32.1 Å². The first-order valence-electron chi connectivity index (χ1n) is 9.26. The largest absolute Gasteiger partial charge is 0.326 e. The van der Waals surface area contributed by atoms with Crippen molar-refractivity contribution in [3.05, 3.63) is 53.4 Å². The monoisotopic (exact) mass is 427 g/mol. The van der Waals surface area contributed by atoms with Gasteiger partial charge in [0.1, 0.15) is 5.01 Å². The van der Waals surface area contributed by atoms with Gasteiger partial charge in [0.25, 0.3) is 0 Å². The van der Waals surface area contributed by atoms with Crippen molar-refractivity contribution in [1.82, 2.24) is 4.98 Å². The van der Waals surface area contributed by atoms with Crippen molar-refractivity contribution in [2.75, 3.05) is 22.4 Å². The highest BCUT2D eigenvalue weighted by Crippen LogP contribution is 2.35. The molecule has 29 heavy (non-hydrogen) atoms. The van der Waals surface area contributed by atoms with Gasteiger partial charge in [-0.3, -0.25) is 9.10 Å². The first-order chi connectivity index (χ1) is 13.8. The van der Waals surface area contributed by atoms with Crippen molar-refractivity contribution in [3.8, 4) is 21.8 Å². The fourth-order valence-electron chi connectivity index (χ4n) is 3.50. The average Bonchev–Trinajstić information content (AvgIpc) is 3.16. The third-order valence-corrected chi connectivity index (χ3v) is 6.88. The topological polar surface area (TPSA) is 79.4 Å². The highest BCUT2D eigenvalue weighted by atomic mass is 32.2. The van der Waals surface area contributed by atoms with Gasteiger partial charge in [-0.25, -0.2) is 13.4 Å². The molecule has 1 aromatic heterocycles. The Bertz CT molecular complexity index is 1170. The molecule has 150 valence electrons. The maximum atomic E-state index is 12.0. The van der Waals surface area contributed by atoms with E-state index in [0.717, 1.165) is 51.6 Å². The van der Waals surface area contributed by atoms with E-state index < -0.39 is 10.0 Å². The SMILES string of the molecule is CC(=O)Nc1ccc(-c2nc(-c3ccc4c(c3)CCCN4S(C)(=O)=O)cs2)cc1. The molecule has 0 atom stereocenters. The number of benzene rings is 2. The minimum absolute atomic E-state index is 0.101. The molecule has 1 aliphatic rings. The summed E-state index contributed by atoms with van der Waals surface area (Å²) in [6.07, 6.45) is 2.92. The number of carbonyl (C=O) groups is 1. The first kappa shape index (κ1) is 19.6. The Morgan fingerprint density at radius 3 is 2.55 bits per heavy atom. The minimum Gasteiger partial charge on any atom is -0.326 e. The summed E-state index contributed by atoms with van der Waals surface area (Å²) < 4.78 is 25.6. The molecular weight excluding hydrogens is 406 g/mol. The van der Waals surface area contributed by atoms with E-state index in [4.69, 9.17) is 4.98 Å². The van der Waals surface area contributed by atoms with Crippen LogP contribution in [0.1, 0.15) is 18.9 Å². The van der Waals surface area contributed by atoms with Gasteiger partial charge in [0.2, 0.25) is 15.9 Å². The predicted octanol–water partition coefficient (Wildman–Crippen LogP) is 4.15. The number of hydrogen-bond acceptors (Lipinski definition) is 5. The van der Waals surface area contributed by atoms with E-state index in [1.807, 2.05) is 47.8 Å². The van der Waals surface area contributed by atoms with Gasteiger partial charge in [-0.05, 0) is 54.8 Å². The summed E-state index contributed by atoms with van der Waals surface area (Å²) in [6, 6.07) is 13.4. The Kier molecular flexibility index (Phi) is 5.14. The first-order valence-corrected chi connectivity index (χ1v) is 12.0. The molecule has 8 heteroatoms. The van der Waals surface area contributed by atoms with E-state index in [-0.39, 0.29) is 5.91 Å². The molecule has 0 radical (unpaired) electrons. The van der Waals surface area contributed by atoms with Gasteiger partial charge in [0.15, 0.2) is 0 Å². The average molecular weight is 428 g/mol. The number of nitrogens with zero attached hydrogens (tertiary/aromatic N) is 2. The smallest absolute Gasteiger partial charge is 0.232 e. The number of amides is 1. The van der Waals surface area contributed by atoms with Gasteiger partial charge in [-0.15, -0.1) is 11.3 Å². The third kappa shape index (κ3) is 4.18. The summed E-state index contributed by atoms with van der Waals surface area (Å²) in [6.45, 7) is 2.01. The van der Waals surface area contributed by atoms with Crippen molar-refractivity contribution < 1.29 is 13.2 Å². The van der Waals surface area contributed by atoms with Gasteiger partial charge in [0, 0.05) is 35.7 Å². The zero-order valence-electron chi connectivity index (χ0n) is 16.2. The molecular formula is C21H21N3O3S2. The lowest BCUT2D eigenvalue weighted by atomic mass is 10.00. The maximum absolute atomic E-state index is 12.0. The summed E-state index contributed by atoms with van der Waals surface area (Å²) in [5.74, 6) is -0.101. The Labute approximate surface area is 174 Å². The molecule has 0 aliphatic carbocycles. The summed E-state index contributed by atoms with van der Waals surface area (Å²) in [5.41, 5.74) is 5.39. The van der Waals surface area contributed by atoms with E-state index in [1.54, 1.807) is 11.3 Å². The Morgan fingerprint density at radius 2 is 1.86 bits per heavy atom. The van der Waals surface area contributed by atoms with Gasteiger partial charge >= 0.3 is 0 Å². The second-order valence-corrected chi connectivity index (χ2v) is 9.84. The Balaban J connectivity index is 1.61. The van der Waals surface area contributed by atoms with Crippen LogP contribution in [0.5, 0.6) is 0 Å². The lowest BCUT2D eigenvalue weighted by Gasteiger charge is -2.29. The lowest BCUT2D eigenvalue weighted by Crippen LogP contribution is -2.34. The van der Waals surface area contributed by atoms with E-state index in [2.05, 4.69) is 5.32 Å². The van der Waals surface area contributed by atoms with Gasteiger partial charge in [-0.2, -0.15) is 0 Å². The quantitative estimate of drug-likeness (QED) is 0.678. The molecule has 3 aromatic rings. The number of carbonyl (C=O) groups excluding carboxylic acids is 1. The normalized spacial score (nSPS) is 13.8. The molecule has 0 unspecified atom stereocenters. The van der Waals surface area contributed by atoms with Crippen LogP contribution in [0.15, 0.2) is 47.8 Å². The number of hydrogen-bond donors (Lipinski definition) is 1. The lowest BCUT2D eigenvalue weighted by molar-refractivity contribution is -0.114. The highest BCUT2D eigenvalue weighted by Gasteiger charge is 2.24. The van der Waals surface area contributed by atoms with Crippen LogP contribution in [0.2, 0.25) is 0 Å². The Hall–Kier alpha value is -2.71.